The van der Waals surface area contributed by atoms with E-state index in [4.69, 9.17) is 11.5 Å². The summed E-state index contributed by atoms with van der Waals surface area (Å²) in [6.07, 6.45) is -6.41. The van der Waals surface area contributed by atoms with Crippen molar-refractivity contribution in [3.8, 4) is 5.95 Å². The molecule has 5 N–H and O–H groups in total. The molecule has 0 saturated heterocycles. The molecule has 0 aliphatic carbocycles. The van der Waals surface area contributed by atoms with E-state index < -0.39 is 24.3 Å². The van der Waals surface area contributed by atoms with E-state index in [1.165, 1.54) is 10.7 Å². The smallest absolute Gasteiger partial charge is 0.382 e. The van der Waals surface area contributed by atoms with Gasteiger partial charge in [-0.2, -0.15) is 32.9 Å². The summed E-state index contributed by atoms with van der Waals surface area (Å²) in [5.41, 5.74) is 11.9. The number of nitrogens with one attached hydrogen (secondary N) is 1. The van der Waals surface area contributed by atoms with Crippen molar-refractivity contribution in [1.29, 1.82) is 0 Å². The lowest BCUT2D eigenvalue weighted by Crippen LogP contribution is -2.23. The first-order chi connectivity index (χ1) is 15.6. The second kappa shape index (κ2) is 8.58. The van der Waals surface area contributed by atoms with Crippen molar-refractivity contribution in [2.24, 2.45) is 0 Å². The van der Waals surface area contributed by atoms with Crippen LogP contribution in [0.2, 0.25) is 0 Å². The summed E-state index contributed by atoms with van der Waals surface area (Å²) in [6, 6.07) is 13.2. The number of rotatable bonds is 5. The van der Waals surface area contributed by atoms with E-state index >= 15 is 0 Å². The number of hydrogen-bond acceptors (Lipinski definition) is 7. The third-order valence-electron chi connectivity index (χ3n) is 4.36. The number of nitrogens with zero attached hydrogens (tertiary/aromatic N) is 4. The fraction of sp³-hybridized carbons (Fsp3) is 0.100. The van der Waals surface area contributed by atoms with Crippen molar-refractivity contribution < 1.29 is 22.4 Å². The quantitative estimate of drug-likeness (QED) is 0.369. The fourth-order valence-electron chi connectivity index (χ4n) is 2.97. The third kappa shape index (κ3) is 4.82. The number of carbonyl (C=O) groups is 1. The summed E-state index contributed by atoms with van der Waals surface area (Å²) >= 11 is 1.10. The summed E-state index contributed by atoms with van der Waals surface area (Å²) in [5.74, 6) is -2.52. The first-order valence-electron chi connectivity index (χ1n) is 9.32. The summed E-state index contributed by atoms with van der Waals surface area (Å²) in [7, 11) is 0. The van der Waals surface area contributed by atoms with Crippen LogP contribution in [0.1, 0.15) is 6.42 Å². The van der Waals surface area contributed by atoms with Crippen LogP contribution < -0.4 is 16.8 Å². The highest BCUT2D eigenvalue weighted by atomic mass is 32.2. The predicted molar refractivity (Wildman–Crippen MR) is 115 cm³/mol. The van der Waals surface area contributed by atoms with Gasteiger partial charge in [-0.1, -0.05) is 42.1 Å². The van der Waals surface area contributed by atoms with E-state index in [2.05, 4.69) is 15.1 Å². The topological polar surface area (TPSA) is 125 Å². The maximum Gasteiger partial charge on any atom is 0.397 e. The lowest BCUT2D eigenvalue weighted by Gasteiger charge is -2.12. The Morgan fingerprint density at radius 1 is 1.03 bits per heavy atom. The molecule has 4 aromatic rings. The molecule has 0 saturated carbocycles. The Labute approximate surface area is 188 Å². The number of amides is 1. The van der Waals surface area contributed by atoms with Gasteiger partial charge in [0.05, 0.1) is 5.52 Å². The van der Waals surface area contributed by atoms with Crippen molar-refractivity contribution in [3.63, 3.8) is 0 Å². The van der Waals surface area contributed by atoms with Gasteiger partial charge >= 0.3 is 6.18 Å². The first-order valence-corrected chi connectivity index (χ1v) is 10.1. The van der Waals surface area contributed by atoms with Crippen LogP contribution in [-0.4, -0.2) is 31.8 Å². The Morgan fingerprint density at radius 3 is 2.33 bits per heavy atom. The normalized spacial score (nSPS) is 11.6. The molecule has 2 aromatic carbocycles. The molecule has 0 atom stereocenters. The number of nitrogens with two attached hydrogens (primary N) is 2. The van der Waals surface area contributed by atoms with Crippen molar-refractivity contribution >= 4 is 45.9 Å². The number of alkyl halides is 3. The Morgan fingerprint density at radius 2 is 1.67 bits per heavy atom. The molecule has 0 aliphatic heterocycles. The van der Waals surface area contributed by atoms with Crippen LogP contribution in [0, 0.1) is 5.82 Å². The average Bonchev–Trinajstić information content (AvgIpc) is 3.10. The first kappa shape index (κ1) is 22.3. The highest BCUT2D eigenvalue weighted by molar-refractivity contribution is 7.99. The second-order valence-electron chi connectivity index (χ2n) is 6.78. The van der Waals surface area contributed by atoms with Gasteiger partial charge in [0.2, 0.25) is 5.91 Å². The van der Waals surface area contributed by atoms with Crippen molar-refractivity contribution in [3.05, 3.63) is 54.3 Å². The van der Waals surface area contributed by atoms with Gasteiger partial charge in [-0.3, -0.25) is 4.79 Å². The van der Waals surface area contributed by atoms with Crippen LogP contribution in [0.15, 0.2) is 58.5 Å². The monoisotopic (exact) mass is 477 g/mol. The van der Waals surface area contributed by atoms with Crippen LogP contribution in [0.5, 0.6) is 0 Å². The van der Waals surface area contributed by atoms with E-state index in [-0.39, 0.29) is 23.3 Å². The molecular weight excluding hydrogens is 462 g/mol. The van der Waals surface area contributed by atoms with Gasteiger partial charge in [0, 0.05) is 10.3 Å². The van der Waals surface area contributed by atoms with Crippen molar-refractivity contribution in [2.45, 2.75) is 22.5 Å². The number of anilines is 3. The molecular formula is C20H15F4N7OS. The molecule has 0 fully saturated rings. The Kier molecular flexibility index (Phi) is 5.80. The summed E-state index contributed by atoms with van der Waals surface area (Å²) in [5, 5.41) is 7.58. The van der Waals surface area contributed by atoms with Gasteiger partial charge < -0.3 is 16.8 Å². The zero-order chi connectivity index (χ0) is 23.8. The molecule has 2 heterocycles. The number of benzene rings is 2. The molecule has 0 spiro atoms. The summed E-state index contributed by atoms with van der Waals surface area (Å²) < 4.78 is 52.8. The van der Waals surface area contributed by atoms with E-state index in [9.17, 15) is 22.4 Å². The summed E-state index contributed by atoms with van der Waals surface area (Å²) in [6.45, 7) is 0. The lowest BCUT2D eigenvalue weighted by atomic mass is 10.2. The number of aromatic nitrogens is 4. The Hall–Kier alpha value is -3.87. The highest BCUT2D eigenvalue weighted by Gasteiger charge is 2.32. The van der Waals surface area contributed by atoms with Crippen LogP contribution >= 0.6 is 11.8 Å². The largest absolute Gasteiger partial charge is 0.397 e. The van der Waals surface area contributed by atoms with E-state index in [0.717, 1.165) is 11.8 Å². The van der Waals surface area contributed by atoms with Gasteiger partial charge in [-0.15, -0.1) is 0 Å². The van der Waals surface area contributed by atoms with Crippen LogP contribution in [0.3, 0.4) is 0 Å². The van der Waals surface area contributed by atoms with Gasteiger partial charge in [-0.25, -0.2) is 4.39 Å². The lowest BCUT2D eigenvalue weighted by molar-refractivity contribution is -0.150. The van der Waals surface area contributed by atoms with E-state index in [0.29, 0.717) is 20.8 Å². The van der Waals surface area contributed by atoms with Gasteiger partial charge in [-0.05, 0) is 18.2 Å². The zero-order valence-electron chi connectivity index (χ0n) is 16.6. The van der Waals surface area contributed by atoms with E-state index in [1.54, 1.807) is 42.5 Å². The molecule has 33 heavy (non-hydrogen) atoms. The maximum absolute atomic E-state index is 14.1. The molecule has 0 aliphatic rings. The van der Waals surface area contributed by atoms with Crippen molar-refractivity contribution in [1.82, 2.24) is 19.7 Å². The number of halogens is 4. The number of para-hydroxylation sites is 1. The minimum Gasteiger partial charge on any atom is -0.382 e. The second-order valence-corrected chi connectivity index (χ2v) is 7.81. The minimum atomic E-state index is -4.70. The summed E-state index contributed by atoms with van der Waals surface area (Å²) in [4.78, 5) is 20.1. The number of hydrogen-bond donors (Lipinski definition) is 3. The molecule has 0 bridgehead atoms. The van der Waals surface area contributed by atoms with Crippen LogP contribution in [-0.2, 0) is 4.79 Å². The van der Waals surface area contributed by atoms with Crippen LogP contribution in [0.4, 0.5) is 34.9 Å². The van der Waals surface area contributed by atoms with E-state index in [1.807, 2.05) is 5.32 Å². The number of carbonyl (C=O) groups excluding carboxylic acids is 1. The molecule has 0 unspecified atom stereocenters. The molecule has 8 nitrogen and oxygen atoms in total. The SMILES string of the molecule is Nc1nc(-n2nc(Sc3ccccc3F)c3ccccc32)nc(N)c1NC(=O)CC(F)(F)F. The average molecular weight is 477 g/mol. The minimum absolute atomic E-state index is 0.0737. The number of fused-ring (bicyclic) bond motifs is 1. The predicted octanol–water partition coefficient (Wildman–Crippen LogP) is 4.16. The van der Waals surface area contributed by atoms with Gasteiger partial charge in [0.15, 0.2) is 11.6 Å². The Balaban J connectivity index is 1.72. The molecule has 1 amide bonds. The fourth-order valence-corrected chi connectivity index (χ4v) is 3.89. The number of nitrogen functional groups attached to an aromatic ring is 2. The van der Waals surface area contributed by atoms with Gasteiger partial charge in [0.25, 0.3) is 5.95 Å². The molecule has 4 rings (SSSR count). The standard InChI is InChI=1S/C20H15F4N7OS/c21-11-6-2-4-8-13(11)33-18-10-5-1-3-7-12(10)31(30-18)19-28-16(25)15(17(26)29-19)27-14(32)9-20(22,23)24/h1-8H,9H2,(H,27,32)(H4,25,26,28,29). The maximum atomic E-state index is 14.1. The van der Waals surface area contributed by atoms with Crippen molar-refractivity contribution in [2.75, 3.05) is 16.8 Å². The molecule has 170 valence electrons. The van der Waals surface area contributed by atoms with Crippen LogP contribution in [0.25, 0.3) is 16.9 Å². The van der Waals surface area contributed by atoms with Gasteiger partial charge in [0.1, 0.15) is 23.0 Å². The third-order valence-corrected chi connectivity index (χ3v) is 5.41. The zero-order valence-corrected chi connectivity index (χ0v) is 17.4. The molecule has 0 radical (unpaired) electrons. The molecule has 2 aromatic heterocycles. The Bertz CT molecular complexity index is 1330. The highest BCUT2D eigenvalue weighted by Crippen LogP contribution is 2.35. The molecule has 13 heteroatoms.